The summed E-state index contributed by atoms with van der Waals surface area (Å²) in [4.78, 5) is 54.4. The quantitative estimate of drug-likeness (QED) is 0.818. The third-order valence-electron chi connectivity index (χ3n) is 3.41. The van der Waals surface area contributed by atoms with Crippen LogP contribution in [0.3, 0.4) is 0 Å². The molecule has 0 aromatic carbocycles. The number of thioether (sulfide) groups is 1. The van der Waals surface area contributed by atoms with Gasteiger partial charge in [0, 0.05) is 19.3 Å². The molecule has 3 rings (SSSR count). The number of pyridine rings is 1. The van der Waals surface area contributed by atoms with Gasteiger partial charge >= 0.3 is 6.03 Å². The van der Waals surface area contributed by atoms with Crippen LogP contribution in [0.5, 0.6) is 0 Å². The molecule has 1 unspecified atom stereocenters. The number of carbonyl (C=O) groups excluding carboxylic acids is 3. The first-order valence-electron chi connectivity index (χ1n) is 6.90. The number of aromatic amines is 1. The minimum atomic E-state index is -0.639. The number of rotatable bonds is 4. The maximum atomic E-state index is 12.2. The van der Waals surface area contributed by atoms with Gasteiger partial charge in [-0.1, -0.05) is 11.6 Å². The number of aliphatic imine (C=N–C) groups is 1. The molecule has 2 aliphatic heterocycles. The maximum Gasteiger partial charge on any atom is 0.350 e. The van der Waals surface area contributed by atoms with Crippen LogP contribution in [0.4, 0.5) is 4.79 Å². The summed E-state index contributed by atoms with van der Waals surface area (Å²) < 4.78 is 0. The van der Waals surface area contributed by atoms with Crippen molar-refractivity contribution in [3.05, 3.63) is 44.7 Å². The standard InChI is InChI=1S/C14H11ClN4O4S/c15-8-5-7(6-17-12(8)21)11(20)16-2-3-19-13(22)10-9(1-4-24-10)18-14(19)23/h1,4-6,10H,2-3H2,(H,16,20)(H,17,21). The smallest absolute Gasteiger partial charge is 0.350 e. The molecule has 0 spiro atoms. The summed E-state index contributed by atoms with van der Waals surface area (Å²) in [5.41, 5.74) is 0.138. The van der Waals surface area contributed by atoms with Crippen molar-refractivity contribution in [2.24, 2.45) is 4.99 Å². The van der Waals surface area contributed by atoms with Crippen molar-refractivity contribution in [2.45, 2.75) is 5.25 Å². The Balaban J connectivity index is 1.59. The molecular formula is C14H11ClN4O4S. The number of fused-ring (bicyclic) bond motifs is 1. The van der Waals surface area contributed by atoms with Gasteiger partial charge < -0.3 is 10.3 Å². The third kappa shape index (κ3) is 3.13. The number of nitrogens with one attached hydrogen (secondary N) is 2. The van der Waals surface area contributed by atoms with E-state index >= 15 is 0 Å². The van der Waals surface area contributed by atoms with E-state index in [2.05, 4.69) is 15.3 Å². The Hall–Kier alpha value is -2.39. The molecule has 0 radical (unpaired) electrons. The first-order chi connectivity index (χ1) is 11.5. The monoisotopic (exact) mass is 366 g/mol. The molecule has 3 heterocycles. The number of aromatic nitrogens is 1. The zero-order valence-corrected chi connectivity index (χ0v) is 13.7. The van der Waals surface area contributed by atoms with Gasteiger partial charge in [0.1, 0.15) is 10.3 Å². The van der Waals surface area contributed by atoms with Crippen LogP contribution in [-0.4, -0.2) is 51.8 Å². The Bertz CT molecular complexity index is 847. The van der Waals surface area contributed by atoms with Gasteiger partial charge in [-0.25, -0.2) is 4.79 Å². The lowest BCUT2D eigenvalue weighted by molar-refractivity contribution is -0.126. The second-order valence-electron chi connectivity index (χ2n) is 4.95. The average molecular weight is 367 g/mol. The molecule has 0 bridgehead atoms. The number of allylic oxidation sites excluding steroid dienone is 1. The molecule has 0 aliphatic carbocycles. The first-order valence-corrected chi connectivity index (χ1v) is 8.22. The highest BCUT2D eigenvalue weighted by molar-refractivity contribution is 8.04. The Morgan fingerprint density at radius 3 is 2.96 bits per heavy atom. The number of imide groups is 1. The van der Waals surface area contributed by atoms with Crippen LogP contribution in [0.1, 0.15) is 10.4 Å². The van der Waals surface area contributed by atoms with Crippen molar-refractivity contribution in [2.75, 3.05) is 13.1 Å². The van der Waals surface area contributed by atoms with E-state index in [-0.39, 0.29) is 29.6 Å². The van der Waals surface area contributed by atoms with Crippen molar-refractivity contribution in [3.8, 4) is 0 Å². The molecule has 1 aromatic heterocycles. The number of H-pyrrole nitrogens is 1. The van der Waals surface area contributed by atoms with Crippen LogP contribution < -0.4 is 10.9 Å². The van der Waals surface area contributed by atoms with Crippen LogP contribution in [-0.2, 0) is 4.79 Å². The van der Waals surface area contributed by atoms with Gasteiger partial charge in [-0.05, 0) is 17.6 Å². The zero-order chi connectivity index (χ0) is 17.3. The van der Waals surface area contributed by atoms with Crippen LogP contribution in [0.15, 0.2) is 33.5 Å². The van der Waals surface area contributed by atoms with Crippen LogP contribution in [0.25, 0.3) is 0 Å². The van der Waals surface area contributed by atoms with E-state index in [1.165, 1.54) is 24.0 Å². The summed E-state index contributed by atoms with van der Waals surface area (Å²) in [7, 11) is 0. The number of hydrogen-bond acceptors (Lipinski definition) is 5. The van der Waals surface area contributed by atoms with Gasteiger partial charge in [0.25, 0.3) is 11.5 Å². The second-order valence-corrected chi connectivity index (χ2v) is 6.37. The van der Waals surface area contributed by atoms with E-state index in [9.17, 15) is 19.2 Å². The molecule has 1 atom stereocenters. The normalized spacial score (nSPS) is 19.3. The van der Waals surface area contributed by atoms with Crippen molar-refractivity contribution >= 4 is 46.9 Å². The number of nitrogens with zero attached hydrogens (tertiary/aromatic N) is 2. The van der Waals surface area contributed by atoms with Crippen molar-refractivity contribution in [1.29, 1.82) is 0 Å². The molecule has 0 saturated carbocycles. The zero-order valence-electron chi connectivity index (χ0n) is 12.1. The summed E-state index contributed by atoms with van der Waals surface area (Å²) >= 11 is 6.95. The van der Waals surface area contributed by atoms with E-state index in [0.29, 0.717) is 5.71 Å². The second kappa shape index (κ2) is 6.62. The molecule has 10 heteroatoms. The van der Waals surface area contributed by atoms with Gasteiger partial charge in [-0.15, -0.1) is 11.8 Å². The Morgan fingerprint density at radius 2 is 2.21 bits per heavy atom. The lowest BCUT2D eigenvalue weighted by atomic mass is 10.2. The fourth-order valence-corrected chi connectivity index (χ4v) is 3.27. The Labute approximate surface area is 145 Å². The lowest BCUT2D eigenvalue weighted by Gasteiger charge is -2.25. The molecule has 2 aliphatic rings. The lowest BCUT2D eigenvalue weighted by Crippen LogP contribution is -2.49. The summed E-state index contributed by atoms with van der Waals surface area (Å²) in [6.07, 6.45) is 2.88. The summed E-state index contributed by atoms with van der Waals surface area (Å²) in [6, 6.07) is 0.601. The van der Waals surface area contributed by atoms with Crippen molar-refractivity contribution in [3.63, 3.8) is 0 Å². The van der Waals surface area contributed by atoms with Crippen LogP contribution in [0, 0.1) is 0 Å². The predicted molar refractivity (Wildman–Crippen MR) is 89.5 cm³/mol. The van der Waals surface area contributed by atoms with Crippen LogP contribution in [0.2, 0.25) is 5.02 Å². The molecule has 1 aromatic rings. The third-order valence-corrected chi connectivity index (χ3v) is 4.70. The van der Waals surface area contributed by atoms with E-state index in [0.717, 1.165) is 4.90 Å². The van der Waals surface area contributed by atoms with E-state index < -0.39 is 22.7 Å². The molecule has 2 N–H and O–H groups in total. The molecule has 4 amide bonds. The number of urea groups is 1. The SMILES string of the molecule is O=C(NCCN1C(=O)N=C2C=CSC2C1=O)c1c[nH]c(=O)c(Cl)c1. The predicted octanol–water partition coefficient (Wildman–Crippen LogP) is 0.790. The highest BCUT2D eigenvalue weighted by Crippen LogP contribution is 2.27. The summed E-state index contributed by atoms with van der Waals surface area (Å²) in [5.74, 6) is -0.826. The topological polar surface area (TPSA) is 112 Å². The number of hydrogen-bond donors (Lipinski definition) is 2. The largest absolute Gasteiger partial charge is 0.350 e. The van der Waals surface area contributed by atoms with Gasteiger partial charge in [0.2, 0.25) is 5.91 Å². The van der Waals surface area contributed by atoms with Crippen molar-refractivity contribution in [1.82, 2.24) is 15.2 Å². The highest BCUT2D eigenvalue weighted by atomic mass is 35.5. The van der Waals surface area contributed by atoms with Crippen molar-refractivity contribution < 1.29 is 14.4 Å². The van der Waals surface area contributed by atoms with Crippen LogP contribution >= 0.6 is 23.4 Å². The Kier molecular flexibility index (Phi) is 4.54. The first kappa shape index (κ1) is 16.5. The maximum absolute atomic E-state index is 12.2. The highest BCUT2D eigenvalue weighted by Gasteiger charge is 2.38. The van der Waals surface area contributed by atoms with E-state index in [1.54, 1.807) is 11.5 Å². The number of amides is 4. The fraction of sp³-hybridized carbons (Fsp3) is 0.214. The number of carbonyl (C=O) groups is 3. The van der Waals surface area contributed by atoms with E-state index in [1.807, 2.05) is 0 Å². The molecule has 8 nitrogen and oxygen atoms in total. The fourth-order valence-electron chi connectivity index (χ4n) is 2.21. The van der Waals surface area contributed by atoms with Gasteiger partial charge in [-0.3, -0.25) is 19.3 Å². The molecule has 0 saturated heterocycles. The molecule has 0 fully saturated rings. The average Bonchev–Trinajstić information content (AvgIpc) is 3.01. The summed E-state index contributed by atoms with van der Waals surface area (Å²) in [5, 5.41) is 3.69. The van der Waals surface area contributed by atoms with Gasteiger partial charge in [-0.2, -0.15) is 4.99 Å². The Morgan fingerprint density at radius 1 is 1.42 bits per heavy atom. The minimum Gasteiger partial charge on any atom is -0.350 e. The van der Waals surface area contributed by atoms with Gasteiger partial charge in [0.05, 0.1) is 11.3 Å². The minimum absolute atomic E-state index is 0.00827. The molecule has 24 heavy (non-hydrogen) atoms. The van der Waals surface area contributed by atoms with E-state index in [4.69, 9.17) is 11.6 Å². The molecule has 124 valence electrons. The number of halogens is 1. The summed E-state index contributed by atoms with van der Waals surface area (Å²) in [6.45, 7) is 0.0665. The van der Waals surface area contributed by atoms with Gasteiger partial charge in [0.15, 0.2) is 0 Å². The molecular weight excluding hydrogens is 356 g/mol.